The number of anilines is 1. The summed E-state index contributed by atoms with van der Waals surface area (Å²) in [5, 5.41) is 2.81. The van der Waals surface area contributed by atoms with Crippen molar-refractivity contribution in [1.82, 2.24) is 0 Å². The molecule has 1 saturated carbocycles. The second-order valence-electron chi connectivity index (χ2n) is 6.93. The van der Waals surface area contributed by atoms with E-state index in [1.807, 2.05) is 13.8 Å². The van der Waals surface area contributed by atoms with Crippen molar-refractivity contribution in [3.05, 3.63) is 24.0 Å². The van der Waals surface area contributed by atoms with Crippen LogP contribution in [0.2, 0.25) is 0 Å². The van der Waals surface area contributed by atoms with Crippen LogP contribution in [-0.2, 0) is 9.53 Å². The lowest BCUT2D eigenvalue weighted by atomic mass is 9.46. The molecule has 6 heteroatoms. The molecule has 1 saturated heterocycles. The van der Waals surface area contributed by atoms with Gasteiger partial charge in [0.15, 0.2) is 11.6 Å². The smallest absolute Gasteiger partial charge is 0.245 e. The van der Waals surface area contributed by atoms with Crippen molar-refractivity contribution in [2.45, 2.75) is 38.3 Å². The number of benzene rings is 1. The number of ether oxygens (including phenoxy) is 2. The Hall–Kier alpha value is -1.66. The fourth-order valence-corrected chi connectivity index (χ4v) is 4.01. The van der Waals surface area contributed by atoms with Crippen LogP contribution in [0.1, 0.15) is 26.7 Å². The van der Waals surface area contributed by atoms with Crippen LogP contribution < -0.4 is 15.8 Å². The van der Waals surface area contributed by atoms with E-state index in [0.717, 1.165) is 19.4 Å². The Morgan fingerprint density at radius 2 is 2.22 bits per heavy atom. The lowest BCUT2D eigenvalue weighted by molar-refractivity contribution is -0.222. The SMILES string of the molecule is COc1cc(NC(=O)C2(N)C3CCCOC3C2(C)C)ccc1F. The average molecular weight is 322 g/mol. The number of halogens is 1. The predicted octanol–water partition coefficient (Wildman–Crippen LogP) is 2.31. The molecule has 1 aromatic rings. The van der Waals surface area contributed by atoms with Crippen LogP contribution in [0.25, 0.3) is 0 Å². The maximum absolute atomic E-state index is 13.5. The molecule has 1 amide bonds. The summed E-state index contributed by atoms with van der Waals surface area (Å²) >= 11 is 0. The Labute approximate surface area is 135 Å². The maximum Gasteiger partial charge on any atom is 0.245 e. The van der Waals surface area contributed by atoms with Crippen molar-refractivity contribution >= 4 is 11.6 Å². The number of methoxy groups -OCH3 is 1. The number of carbonyl (C=O) groups excluding carboxylic acids is 1. The molecular weight excluding hydrogens is 299 g/mol. The van der Waals surface area contributed by atoms with E-state index in [1.54, 1.807) is 0 Å². The molecule has 23 heavy (non-hydrogen) atoms. The first-order valence-electron chi connectivity index (χ1n) is 7.88. The van der Waals surface area contributed by atoms with E-state index in [1.165, 1.54) is 25.3 Å². The van der Waals surface area contributed by atoms with E-state index in [4.69, 9.17) is 15.2 Å². The highest BCUT2D eigenvalue weighted by atomic mass is 19.1. The third-order valence-electron chi connectivity index (χ3n) is 5.47. The van der Waals surface area contributed by atoms with Gasteiger partial charge in [0.2, 0.25) is 5.91 Å². The Balaban J connectivity index is 1.82. The van der Waals surface area contributed by atoms with E-state index in [0.29, 0.717) is 5.69 Å². The van der Waals surface area contributed by atoms with Gasteiger partial charge >= 0.3 is 0 Å². The lowest BCUT2D eigenvalue weighted by Crippen LogP contribution is -2.81. The van der Waals surface area contributed by atoms with Gasteiger partial charge < -0.3 is 20.5 Å². The molecule has 0 spiro atoms. The van der Waals surface area contributed by atoms with Crippen LogP contribution in [0.15, 0.2) is 18.2 Å². The summed E-state index contributed by atoms with van der Waals surface area (Å²) in [5.41, 5.74) is 5.54. The zero-order valence-electron chi connectivity index (χ0n) is 13.7. The first-order valence-corrected chi connectivity index (χ1v) is 7.88. The summed E-state index contributed by atoms with van der Waals surface area (Å²) in [6.07, 6.45) is 1.80. The van der Waals surface area contributed by atoms with Gasteiger partial charge in [-0.2, -0.15) is 0 Å². The Morgan fingerprint density at radius 1 is 1.48 bits per heavy atom. The topological polar surface area (TPSA) is 73.6 Å². The van der Waals surface area contributed by atoms with E-state index in [9.17, 15) is 9.18 Å². The molecule has 2 fully saturated rings. The van der Waals surface area contributed by atoms with Gasteiger partial charge in [0, 0.05) is 29.7 Å². The van der Waals surface area contributed by atoms with Crippen molar-refractivity contribution in [2.24, 2.45) is 17.1 Å². The molecule has 1 heterocycles. The summed E-state index contributed by atoms with van der Waals surface area (Å²) in [5.74, 6) is -0.644. The van der Waals surface area contributed by atoms with Gasteiger partial charge in [-0.1, -0.05) is 13.8 Å². The minimum atomic E-state index is -1.00. The van der Waals surface area contributed by atoms with Gasteiger partial charge in [0.25, 0.3) is 0 Å². The monoisotopic (exact) mass is 322 g/mol. The first kappa shape index (κ1) is 16.2. The van der Waals surface area contributed by atoms with Crippen LogP contribution in [0.3, 0.4) is 0 Å². The number of fused-ring (bicyclic) bond motifs is 1. The van der Waals surface area contributed by atoms with Crippen LogP contribution in [-0.4, -0.2) is 31.3 Å². The molecule has 126 valence electrons. The zero-order chi connectivity index (χ0) is 16.8. The molecule has 3 N–H and O–H groups in total. The van der Waals surface area contributed by atoms with Gasteiger partial charge in [-0.15, -0.1) is 0 Å². The number of rotatable bonds is 3. The highest BCUT2D eigenvalue weighted by Crippen LogP contribution is 2.57. The van der Waals surface area contributed by atoms with Crippen molar-refractivity contribution < 1.29 is 18.7 Å². The summed E-state index contributed by atoms with van der Waals surface area (Å²) in [6, 6.07) is 4.22. The summed E-state index contributed by atoms with van der Waals surface area (Å²) in [4.78, 5) is 12.8. The second kappa shape index (κ2) is 5.46. The standard InChI is InChI=1S/C17H23FN2O3/c1-16(2)14-11(5-4-8-23-14)17(16,19)15(21)20-10-6-7-12(18)13(9-10)22-3/h6-7,9,11,14H,4-5,8,19H2,1-3H3,(H,20,21). The molecule has 1 aliphatic carbocycles. The fraction of sp³-hybridized carbons (Fsp3) is 0.588. The highest BCUT2D eigenvalue weighted by Gasteiger charge is 2.70. The molecule has 0 radical (unpaired) electrons. The number of hydrogen-bond donors (Lipinski definition) is 2. The molecule has 5 nitrogen and oxygen atoms in total. The summed E-state index contributed by atoms with van der Waals surface area (Å²) < 4.78 is 24.2. The van der Waals surface area contributed by atoms with Crippen molar-refractivity contribution in [1.29, 1.82) is 0 Å². The van der Waals surface area contributed by atoms with Crippen molar-refractivity contribution in [3.63, 3.8) is 0 Å². The minimum absolute atomic E-state index is 0.00796. The van der Waals surface area contributed by atoms with Crippen LogP contribution >= 0.6 is 0 Å². The second-order valence-corrected chi connectivity index (χ2v) is 6.93. The predicted molar refractivity (Wildman–Crippen MR) is 84.7 cm³/mol. The number of nitrogens with one attached hydrogen (secondary N) is 1. The summed E-state index contributed by atoms with van der Waals surface area (Å²) in [6.45, 7) is 4.64. The lowest BCUT2D eigenvalue weighted by Gasteiger charge is -2.65. The Bertz CT molecular complexity index is 634. The minimum Gasteiger partial charge on any atom is -0.494 e. The molecule has 3 unspecified atom stereocenters. The van der Waals surface area contributed by atoms with E-state index in [-0.39, 0.29) is 23.7 Å². The van der Waals surface area contributed by atoms with E-state index in [2.05, 4.69) is 5.32 Å². The van der Waals surface area contributed by atoms with Crippen molar-refractivity contribution in [3.8, 4) is 5.75 Å². The third-order valence-corrected chi connectivity index (χ3v) is 5.47. The van der Waals surface area contributed by atoms with E-state index >= 15 is 0 Å². The fourth-order valence-electron chi connectivity index (χ4n) is 4.01. The molecule has 2 aliphatic rings. The largest absolute Gasteiger partial charge is 0.494 e. The Morgan fingerprint density at radius 3 is 2.91 bits per heavy atom. The van der Waals surface area contributed by atoms with E-state index < -0.39 is 16.8 Å². The van der Waals surface area contributed by atoms with Gasteiger partial charge in [-0.25, -0.2) is 4.39 Å². The van der Waals surface area contributed by atoms with Gasteiger partial charge in [-0.3, -0.25) is 4.79 Å². The van der Waals surface area contributed by atoms with Crippen LogP contribution in [0.5, 0.6) is 5.75 Å². The number of amides is 1. The van der Waals surface area contributed by atoms with Crippen LogP contribution in [0.4, 0.5) is 10.1 Å². The number of carbonyl (C=O) groups is 1. The third kappa shape index (κ3) is 2.23. The van der Waals surface area contributed by atoms with Crippen molar-refractivity contribution in [2.75, 3.05) is 19.0 Å². The normalized spacial score (nSPS) is 31.7. The molecule has 3 atom stereocenters. The van der Waals surface area contributed by atoms with Gasteiger partial charge in [0.05, 0.1) is 13.2 Å². The molecule has 3 rings (SSSR count). The first-order chi connectivity index (χ1) is 10.8. The number of nitrogens with two attached hydrogens (primary N) is 1. The van der Waals surface area contributed by atoms with Gasteiger partial charge in [-0.05, 0) is 25.0 Å². The molecule has 0 aromatic heterocycles. The molecule has 1 aromatic carbocycles. The van der Waals surface area contributed by atoms with Crippen LogP contribution in [0, 0.1) is 17.2 Å². The molecular formula is C17H23FN2O3. The molecule has 1 aliphatic heterocycles. The Kier molecular flexibility index (Phi) is 3.84. The summed E-state index contributed by atoms with van der Waals surface area (Å²) in [7, 11) is 1.38. The van der Waals surface area contributed by atoms with Gasteiger partial charge in [0.1, 0.15) is 5.54 Å². The average Bonchev–Trinajstić information content (AvgIpc) is 2.55. The maximum atomic E-state index is 13.5. The quantitative estimate of drug-likeness (QED) is 0.895. The zero-order valence-corrected chi connectivity index (χ0v) is 13.7. The highest BCUT2D eigenvalue weighted by molar-refractivity contribution is 6.00. The molecule has 0 bridgehead atoms. The number of hydrogen-bond acceptors (Lipinski definition) is 4.